The Labute approximate surface area is 122 Å². The van der Waals surface area contributed by atoms with Crippen LogP contribution >= 0.6 is 11.6 Å². The van der Waals surface area contributed by atoms with Gasteiger partial charge in [0.1, 0.15) is 0 Å². The lowest BCUT2D eigenvalue weighted by molar-refractivity contribution is 0.770. The summed E-state index contributed by atoms with van der Waals surface area (Å²) in [5.41, 5.74) is 3.38. The summed E-state index contributed by atoms with van der Waals surface area (Å²) >= 11 is 5.87. The van der Waals surface area contributed by atoms with Crippen molar-refractivity contribution in [1.82, 2.24) is 20.2 Å². The van der Waals surface area contributed by atoms with E-state index >= 15 is 0 Å². The zero-order valence-electron chi connectivity index (χ0n) is 10.8. The maximum atomic E-state index is 5.87. The van der Waals surface area contributed by atoms with Crippen LogP contribution in [0.4, 0.5) is 0 Å². The van der Waals surface area contributed by atoms with Crippen molar-refractivity contribution in [3.8, 4) is 5.69 Å². The van der Waals surface area contributed by atoms with E-state index < -0.39 is 0 Å². The predicted molar refractivity (Wildman–Crippen MR) is 78.0 cm³/mol. The Hall–Kier alpha value is -2.20. The van der Waals surface area contributed by atoms with Gasteiger partial charge in [0.15, 0.2) is 5.82 Å². The summed E-state index contributed by atoms with van der Waals surface area (Å²) in [5, 5.41) is 11.7. The van der Waals surface area contributed by atoms with Crippen molar-refractivity contribution >= 4 is 11.6 Å². The van der Waals surface area contributed by atoms with Crippen molar-refractivity contribution in [2.75, 3.05) is 0 Å². The van der Waals surface area contributed by atoms with Crippen molar-refractivity contribution in [3.63, 3.8) is 0 Å². The lowest BCUT2D eigenvalue weighted by Gasteiger charge is -2.10. The van der Waals surface area contributed by atoms with Crippen LogP contribution in [0.3, 0.4) is 0 Å². The van der Waals surface area contributed by atoms with Gasteiger partial charge in [0, 0.05) is 0 Å². The molecule has 3 rings (SSSR count). The highest BCUT2D eigenvalue weighted by Gasteiger charge is 2.11. The molecule has 0 aliphatic carbocycles. The van der Waals surface area contributed by atoms with Crippen LogP contribution in [0.15, 0.2) is 54.6 Å². The average molecular weight is 285 g/mol. The van der Waals surface area contributed by atoms with E-state index in [0.29, 0.717) is 5.82 Å². The first kappa shape index (κ1) is 12.8. The molecular formula is C15H13ClN4. The molecule has 0 bridgehead atoms. The van der Waals surface area contributed by atoms with Crippen LogP contribution in [0.25, 0.3) is 5.69 Å². The Kier molecular flexibility index (Phi) is 3.74. The highest BCUT2D eigenvalue weighted by atomic mass is 35.5. The fourth-order valence-electron chi connectivity index (χ4n) is 2.16. The van der Waals surface area contributed by atoms with Gasteiger partial charge in [0.05, 0.1) is 11.6 Å². The second-order valence-electron chi connectivity index (χ2n) is 4.43. The summed E-state index contributed by atoms with van der Waals surface area (Å²) in [6.07, 6.45) is 0.832. The summed E-state index contributed by atoms with van der Waals surface area (Å²) in [4.78, 5) is 0. The van der Waals surface area contributed by atoms with Crippen molar-refractivity contribution in [2.24, 2.45) is 0 Å². The molecular weight excluding hydrogens is 272 g/mol. The van der Waals surface area contributed by atoms with Crippen LogP contribution in [0.1, 0.15) is 17.0 Å². The van der Waals surface area contributed by atoms with Gasteiger partial charge in [0.25, 0.3) is 0 Å². The third-order valence-electron chi connectivity index (χ3n) is 3.11. The second-order valence-corrected chi connectivity index (χ2v) is 4.70. The monoisotopic (exact) mass is 284 g/mol. The molecule has 0 fully saturated rings. The van der Waals surface area contributed by atoms with E-state index in [9.17, 15) is 0 Å². The fraction of sp³-hybridized carbons (Fsp3) is 0.133. The summed E-state index contributed by atoms with van der Waals surface area (Å²) in [6, 6.07) is 18.4. The molecule has 0 spiro atoms. The normalized spacial score (nSPS) is 10.7. The second kappa shape index (κ2) is 5.84. The van der Waals surface area contributed by atoms with E-state index in [1.165, 1.54) is 5.56 Å². The molecule has 0 amide bonds. The lowest BCUT2D eigenvalue weighted by Crippen LogP contribution is -2.05. The van der Waals surface area contributed by atoms with E-state index in [-0.39, 0.29) is 5.88 Å². The zero-order chi connectivity index (χ0) is 13.8. The average Bonchev–Trinajstić information content (AvgIpc) is 2.97. The van der Waals surface area contributed by atoms with Crippen molar-refractivity contribution in [3.05, 3.63) is 71.5 Å². The summed E-state index contributed by atoms with van der Waals surface area (Å²) in [6.45, 7) is 0. The summed E-state index contributed by atoms with van der Waals surface area (Å²) in [7, 11) is 0. The van der Waals surface area contributed by atoms with Crippen LogP contribution in [-0.2, 0) is 12.3 Å². The highest BCUT2D eigenvalue weighted by molar-refractivity contribution is 6.16. The first-order chi connectivity index (χ1) is 9.88. The molecule has 20 heavy (non-hydrogen) atoms. The lowest BCUT2D eigenvalue weighted by atomic mass is 10.0. The van der Waals surface area contributed by atoms with Gasteiger partial charge in [-0.15, -0.1) is 16.7 Å². The standard InChI is InChI=1S/C15H13ClN4/c16-11-15-17-18-19-20(15)14-9-5-4-8-13(14)10-12-6-2-1-3-7-12/h1-9H,10-11H2. The molecule has 4 nitrogen and oxygen atoms in total. The van der Waals surface area contributed by atoms with Crippen LogP contribution in [0.2, 0.25) is 0 Å². The Morgan fingerprint density at radius 3 is 2.50 bits per heavy atom. The molecule has 100 valence electrons. The van der Waals surface area contributed by atoms with Gasteiger partial charge in [-0.3, -0.25) is 0 Å². The number of para-hydroxylation sites is 1. The van der Waals surface area contributed by atoms with E-state index in [2.05, 4.69) is 33.7 Å². The number of benzene rings is 2. The molecule has 0 saturated heterocycles. The van der Waals surface area contributed by atoms with Crippen LogP contribution in [0, 0.1) is 0 Å². The van der Waals surface area contributed by atoms with Gasteiger partial charge >= 0.3 is 0 Å². The Bertz CT molecular complexity index is 694. The molecule has 0 unspecified atom stereocenters. The van der Waals surface area contributed by atoms with E-state index in [4.69, 9.17) is 11.6 Å². The number of nitrogens with zero attached hydrogens (tertiary/aromatic N) is 4. The number of aromatic nitrogens is 4. The maximum absolute atomic E-state index is 5.87. The van der Waals surface area contributed by atoms with Crippen molar-refractivity contribution < 1.29 is 0 Å². The Balaban J connectivity index is 2.01. The van der Waals surface area contributed by atoms with Gasteiger partial charge in [-0.05, 0) is 34.0 Å². The summed E-state index contributed by atoms with van der Waals surface area (Å²) in [5.74, 6) is 0.930. The number of halogens is 1. The minimum absolute atomic E-state index is 0.284. The molecule has 0 aliphatic rings. The number of hydrogen-bond acceptors (Lipinski definition) is 3. The molecule has 0 N–H and O–H groups in total. The molecule has 0 radical (unpaired) electrons. The van der Waals surface area contributed by atoms with Gasteiger partial charge in [0.2, 0.25) is 0 Å². The van der Waals surface area contributed by atoms with E-state index in [1.54, 1.807) is 4.68 Å². The smallest absolute Gasteiger partial charge is 0.171 e. The highest BCUT2D eigenvalue weighted by Crippen LogP contribution is 2.18. The third-order valence-corrected chi connectivity index (χ3v) is 3.35. The first-order valence-corrected chi connectivity index (χ1v) is 6.87. The number of rotatable bonds is 4. The van der Waals surface area contributed by atoms with E-state index in [0.717, 1.165) is 17.7 Å². The molecule has 2 aromatic carbocycles. The molecule has 0 saturated carbocycles. The number of tetrazole rings is 1. The summed E-state index contributed by atoms with van der Waals surface area (Å²) < 4.78 is 1.70. The Morgan fingerprint density at radius 2 is 1.70 bits per heavy atom. The van der Waals surface area contributed by atoms with Gasteiger partial charge in [-0.2, -0.15) is 4.68 Å². The van der Waals surface area contributed by atoms with Crippen molar-refractivity contribution in [2.45, 2.75) is 12.3 Å². The predicted octanol–water partition coefficient (Wildman–Crippen LogP) is 2.99. The fourth-order valence-corrected chi connectivity index (χ4v) is 2.33. The van der Waals surface area contributed by atoms with Gasteiger partial charge < -0.3 is 0 Å². The molecule has 0 aliphatic heterocycles. The number of alkyl halides is 1. The quantitative estimate of drug-likeness (QED) is 0.692. The Morgan fingerprint density at radius 1 is 0.950 bits per heavy atom. The van der Waals surface area contributed by atoms with Crippen LogP contribution < -0.4 is 0 Å². The van der Waals surface area contributed by atoms with Gasteiger partial charge in [-0.25, -0.2) is 0 Å². The van der Waals surface area contributed by atoms with E-state index in [1.807, 2.05) is 36.4 Å². The minimum Gasteiger partial charge on any atom is -0.196 e. The SMILES string of the molecule is ClCc1nnnn1-c1ccccc1Cc1ccccc1. The maximum Gasteiger partial charge on any atom is 0.171 e. The topological polar surface area (TPSA) is 43.6 Å². The molecule has 0 atom stereocenters. The van der Waals surface area contributed by atoms with Crippen LogP contribution in [0.5, 0.6) is 0 Å². The first-order valence-electron chi connectivity index (χ1n) is 6.34. The molecule has 1 aromatic heterocycles. The third kappa shape index (κ3) is 2.56. The molecule has 3 aromatic rings. The zero-order valence-corrected chi connectivity index (χ0v) is 11.5. The minimum atomic E-state index is 0.284. The molecule has 5 heteroatoms. The van der Waals surface area contributed by atoms with Gasteiger partial charge in [-0.1, -0.05) is 48.5 Å². The largest absolute Gasteiger partial charge is 0.196 e. The van der Waals surface area contributed by atoms with Crippen molar-refractivity contribution in [1.29, 1.82) is 0 Å². The number of hydrogen-bond donors (Lipinski definition) is 0. The molecule has 1 heterocycles. The van der Waals surface area contributed by atoms with Crippen LogP contribution in [-0.4, -0.2) is 20.2 Å².